The molecule has 1 amide bonds. The van der Waals surface area contributed by atoms with Crippen LogP contribution < -0.4 is 10.5 Å². The van der Waals surface area contributed by atoms with Crippen molar-refractivity contribution in [2.45, 2.75) is 43.4 Å². The third-order valence-corrected chi connectivity index (χ3v) is 6.77. The summed E-state index contributed by atoms with van der Waals surface area (Å²) in [6.45, 7) is 3.44. The Morgan fingerprint density at radius 2 is 1.97 bits per heavy atom. The van der Waals surface area contributed by atoms with Gasteiger partial charge in [0.15, 0.2) is 0 Å². The van der Waals surface area contributed by atoms with Crippen molar-refractivity contribution in [1.82, 2.24) is 14.9 Å². The molecule has 3 aromatic rings. The minimum atomic E-state index is -3.78. The van der Waals surface area contributed by atoms with Crippen LogP contribution in [0.5, 0.6) is 0 Å². The molecule has 0 atom stereocenters. The Kier molecular flexibility index (Phi) is 8.11. The molecule has 0 bridgehead atoms. The van der Waals surface area contributed by atoms with E-state index in [0.717, 1.165) is 35.8 Å². The van der Waals surface area contributed by atoms with Gasteiger partial charge in [-0.25, -0.2) is 18.5 Å². The number of carbonyl (C=O) groups excluding carboxylic acids is 1. The minimum absolute atomic E-state index is 0.0133. The van der Waals surface area contributed by atoms with Crippen LogP contribution in [0.2, 0.25) is 0 Å². The van der Waals surface area contributed by atoms with E-state index in [1.54, 1.807) is 17.8 Å². The summed E-state index contributed by atoms with van der Waals surface area (Å²) in [5, 5.41) is 8.19. The summed E-state index contributed by atoms with van der Waals surface area (Å²) in [5.74, 6) is 2.54. The molecule has 0 saturated carbocycles. The fraction of sp³-hybridized carbons (Fsp3) is 0.364. The Bertz CT molecular complexity index is 1130. The van der Waals surface area contributed by atoms with Gasteiger partial charge in [0.1, 0.15) is 5.82 Å². The molecule has 7 nitrogen and oxygen atoms in total. The summed E-state index contributed by atoms with van der Waals surface area (Å²) in [6, 6.07) is 15.0. The Labute approximate surface area is 187 Å². The maximum absolute atomic E-state index is 12.3. The van der Waals surface area contributed by atoms with Crippen LogP contribution in [-0.2, 0) is 33.5 Å². The number of rotatable bonds is 11. The van der Waals surface area contributed by atoms with Gasteiger partial charge in [-0.2, -0.15) is 11.8 Å². The van der Waals surface area contributed by atoms with Crippen molar-refractivity contribution < 1.29 is 13.2 Å². The minimum Gasteiger partial charge on any atom is -0.355 e. The molecular formula is C22H28N4O3S2. The second-order valence-electron chi connectivity index (χ2n) is 7.26. The molecule has 31 heavy (non-hydrogen) atoms. The molecular weight excluding hydrogens is 432 g/mol. The van der Waals surface area contributed by atoms with E-state index in [9.17, 15) is 13.2 Å². The Morgan fingerprint density at radius 3 is 2.68 bits per heavy atom. The first kappa shape index (κ1) is 23.3. The number of amides is 1. The molecule has 1 aromatic heterocycles. The number of thioether (sulfide) groups is 1. The summed E-state index contributed by atoms with van der Waals surface area (Å²) in [7, 11) is -3.78. The van der Waals surface area contributed by atoms with E-state index in [1.807, 2.05) is 22.8 Å². The maximum Gasteiger partial charge on any atom is 0.238 e. The Hall–Kier alpha value is -2.36. The zero-order valence-electron chi connectivity index (χ0n) is 17.6. The number of carbonyl (C=O) groups is 1. The maximum atomic E-state index is 12.3. The number of primary sulfonamides is 1. The first-order valence-electron chi connectivity index (χ1n) is 10.3. The lowest BCUT2D eigenvalue weighted by Crippen LogP contribution is -2.26. The summed E-state index contributed by atoms with van der Waals surface area (Å²) in [5.41, 5.74) is 2.70. The van der Waals surface area contributed by atoms with E-state index in [-0.39, 0.29) is 10.8 Å². The topological polar surface area (TPSA) is 107 Å². The molecule has 9 heteroatoms. The van der Waals surface area contributed by atoms with Crippen molar-refractivity contribution >= 4 is 38.7 Å². The number of sulfonamides is 1. The standard InChI is InChI=1S/C22H28N4O3S2/c1-2-13-26-20-9-8-18(31(23,28)29)15-19(20)25-21(26)10-11-22(27)24-12-14-30-16-17-6-4-3-5-7-17/h3-9,15H,2,10-14,16H2,1H3,(H,24,27)(H2,23,28,29). The van der Waals surface area contributed by atoms with Gasteiger partial charge in [0, 0.05) is 37.4 Å². The van der Waals surface area contributed by atoms with Crippen LogP contribution in [0, 0.1) is 0 Å². The van der Waals surface area contributed by atoms with Gasteiger partial charge in [-0.05, 0) is 30.2 Å². The molecule has 3 rings (SSSR count). The van der Waals surface area contributed by atoms with Crippen LogP contribution in [0.3, 0.4) is 0 Å². The van der Waals surface area contributed by atoms with E-state index in [2.05, 4.69) is 29.4 Å². The van der Waals surface area contributed by atoms with Crippen molar-refractivity contribution in [1.29, 1.82) is 0 Å². The van der Waals surface area contributed by atoms with Gasteiger partial charge in [-0.3, -0.25) is 4.79 Å². The molecule has 0 spiro atoms. The van der Waals surface area contributed by atoms with Crippen LogP contribution >= 0.6 is 11.8 Å². The first-order chi connectivity index (χ1) is 14.9. The van der Waals surface area contributed by atoms with Gasteiger partial charge in [0.25, 0.3) is 0 Å². The lowest BCUT2D eigenvalue weighted by molar-refractivity contribution is -0.120. The molecule has 0 aliphatic heterocycles. The van der Waals surface area contributed by atoms with Crippen LogP contribution in [0.25, 0.3) is 11.0 Å². The summed E-state index contributed by atoms with van der Waals surface area (Å²) < 4.78 is 25.3. The highest BCUT2D eigenvalue weighted by molar-refractivity contribution is 7.98. The van der Waals surface area contributed by atoms with Gasteiger partial charge in [-0.1, -0.05) is 37.3 Å². The fourth-order valence-corrected chi connectivity index (χ4v) is 4.69. The number of nitrogens with zero attached hydrogens (tertiary/aromatic N) is 2. The van der Waals surface area contributed by atoms with Crippen LogP contribution in [0.15, 0.2) is 53.4 Å². The number of hydrogen-bond acceptors (Lipinski definition) is 5. The number of fused-ring (bicyclic) bond motifs is 1. The second-order valence-corrected chi connectivity index (χ2v) is 9.93. The number of imidazole rings is 1. The molecule has 0 saturated heterocycles. The number of nitrogens with one attached hydrogen (secondary N) is 1. The van der Waals surface area contributed by atoms with Crippen molar-refractivity contribution in [3.05, 3.63) is 59.9 Å². The number of aromatic nitrogens is 2. The Balaban J connectivity index is 1.54. The van der Waals surface area contributed by atoms with E-state index in [0.29, 0.717) is 24.9 Å². The van der Waals surface area contributed by atoms with Gasteiger partial charge < -0.3 is 9.88 Å². The quantitative estimate of drug-likeness (QED) is 0.428. The molecule has 2 aromatic carbocycles. The second kappa shape index (κ2) is 10.8. The van der Waals surface area contributed by atoms with E-state index in [4.69, 9.17) is 5.14 Å². The normalized spacial score (nSPS) is 11.7. The molecule has 0 radical (unpaired) electrons. The van der Waals surface area contributed by atoms with Crippen molar-refractivity contribution in [2.24, 2.45) is 5.14 Å². The van der Waals surface area contributed by atoms with Crippen molar-refractivity contribution in [3.8, 4) is 0 Å². The summed E-state index contributed by atoms with van der Waals surface area (Å²) >= 11 is 1.79. The Morgan fingerprint density at radius 1 is 1.19 bits per heavy atom. The van der Waals surface area contributed by atoms with Crippen molar-refractivity contribution in [3.63, 3.8) is 0 Å². The lowest BCUT2D eigenvalue weighted by Gasteiger charge is -2.08. The van der Waals surface area contributed by atoms with Gasteiger partial charge in [0.05, 0.1) is 15.9 Å². The van der Waals surface area contributed by atoms with Crippen LogP contribution in [0.4, 0.5) is 0 Å². The van der Waals surface area contributed by atoms with E-state index in [1.165, 1.54) is 17.7 Å². The first-order valence-corrected chi connectivity index (χ1v) is 13.0. The fourth-order valence-electron chi connectivity index (χ4n) is 3.34. The highest BCUT2D eigenvalue weighted by Gasteiger charge is 2.15. The average molecular weight is 461 g/mol. The highest BCUT2D eigenvalue weighted by Crippen LogP contribution is 2.21. The van der Waals surface area contributed by atoms with Crippen LogP contribution in [0.1, 0.15) is 31.2 Å². The summed E-state index contributed by atoms with van der Waals surface area (Å²) in [4.78, 5) is 16.9. The molecule has 0 unspecified atom stereocenters. The molecule has 0 aliphatic rings. The average Bonchev–Trinajstić information content (AvgIpc) is 3.09. The predicted molar refractivity (Wildman–Crippen MR) is 125 cm³/mol. The largest absolute Gasteiger partial charge is 0.355 e. The third kappa shape index (κ3) is 6.56. The monoisotopic (exact) mass is 460 g/mol. The molecule has 0 aliphatic carbocycles. The molecule has 1 heterocycles. The zero-order valence-corrected chi connectivity index (χ0v) is 19.2. The number of nitrogens with two attached hydrogens (primary N) is 1. The molecule has 166 valence electrons. The predicted octanol–water partition coefficient (Wildman–Crippen LogP) is 3.08. The smallest absolute Gasteiger partial charge is 0.238 e. The third-order valence-electron chi connectivity index (χ3n) is 4.83. The van der Waals surface area contributed by atoms with E-state index >= 15 is 0 Å². The molecule has 3 N–H and O–H groups in total. The van der Waals surface area contributed by atoms with Gasteiger partial charge >= 0.3 is 0 Å². The SMILES string of the molecule is CCCn1c(CCC(=O)NCCSCc2ccccc2)nc2cc(S(N)(=O)=O)ccc21. The number of benzene rings is 2. The summed E-state index contributed by atoms with van der Waals surface area (Å²) in [6.07, 6.45) is 1.72. The van der Waals surface area contributed by atoms with Gasteiger partial charge in [0.2, 0.25) is 15.9 Å². The van der Waals surface area contributed by atoms with E-state index < -0.39 is 10.0 Å². The zero-order chi connectivity index (χ0) is 22.3. The number of aryl methyl sites for hydroxylation is 2. The molecule has 0 fully saturated rings. The lowest BCUT2D eigenvalue weighted by atomic mass is 10.2. The number of hydrogen-bond donors (Lipinski definition) is 2. The highest BCUT2D eigenvalue weighted by atomic mass is 32.2. The van der Waals surface area contributed by atoms with Crippen LogP contribution in [-0.4, -0.2) is 36.2 Å². The van der Waals surface area contributed by atoms with Crippen molar-refractivity contribution in [2.75, 3.05) is 12.3 Å². The van der Waals surface area contributed by atoms with Gasteiger partial charge in [-0.15, -0.1) is 0 Å².